The summed E-state index contributed by atoms with van der Waals surface area (Å²) in [6, 6.07) is 0. The van der Waals surface area contributed by atoms with Crippen LogP contribution in [0.1, 0.15) is 28.5 Å². The molecule has 0 bridgehead atoms. The number of hydrogen-bond donors (Lipinski definition) is 0. The summed E-state index contributed by atoms with van der Waals surface area (Å²) in [5, 5.41) is -1.34. The van der Waals surface area contributed by atoms with E-state index in [0.29, 0.717) is 11.4 Å². The predicted molar refractivity (Wildman–Crippen MR) is 77.6 cm³/mol. The summed E-state index contributed by atoms with van der Waals surface area (Å²) in [7, 11) is -6.12. The Balaban J connectivity index is 5.51. The molecule has 9 heteroatoms. The van der Waals surface area contributed by atoms with E-state index in [1.165, 1.54) is 6.92 Å². The topological polar surface area (TPSA) is 71.1 Å². The van der Waals surface area contributed by atoms with Crippen LogP contribution in [0.5, 0.6) is 0 Å². The first kappa shape index (κ1) is 10.6. The van der Waals surface area contributed by atoms with Crippen molar-refractivity contribution >= 4 is 40.8 Å². The summed E-state index contributed by atoms with van der Waals surface area (Å²) in [5.74, 6) is -1.66. The number of carbonyl (C=O) groups is 2. The Kier molecular flexibility index (Phi) is 5.40. The van der Waals surface area contributed by atoms with Crippen LogP contribution in [0.15, 0.2) is 0 Å². The first-order valence-corrected chi connectivity index (χ1v) is 9.36. The average molecular weight is 336 g/mol. The van der Waals surface area contributed by atoms with Gasteiger partial charge >= 0.3 is 11.9 Å². The molecule has 0 aromatic rings. The Labute approximate surface area is 130 Å². The molecular formula is C10H19O6PS2. The lowest BCUT2D eigenvalue weighted by molar-refractivity contribution is -0.149. The zero-order chi connectivity index (χ0) is 19.9. The molecule has 0 aliphatic rings. The zero-order valence-corrected chi connectivity index (χ0v) is 12.9. The van der Waals surface area contributed by atoms with E-state index in [0.717, 1.165) is 0 Å². The van der Waals surface area contributed by atoms with Gasteiger partial charge in [0.25, 0.3) is 0 Å². The van der Waals surface area contributed by atoms with Crippen molar-refractivity contribution in [3.8, 4) is 0 Å². The molecule has 1 atom stereocenters. The second kappa shape index (κ2) is 9.72. The molecule has 0 saturated heterocycles. The van der Waals surface area contributed by atoms with Crippen molar-refractivity contribution in [3.05, 3.63) is 0 Å². The molecule has 0 rings (SSSR count). The number of hydrogen-bond acceptors (Lipinski definition) is 8. The summed E-state index contributed by atoms with van der Waals surface area (Å²) < 4.78 is 61.6. The van der Waals surface area contributed by atoms with Crippen LogP contribution in [0.25, 0.3) is 0 Å². The van der Waals surface area contributed by atoms with Crippen molar-refractivity contribution in [2.45, 2.75) is 25.5 Å². The SMILES string of the molecule is [2H]C([2H])([2H])OP(=S)(OC([2H])([2H])[2H])SC(CC(=O)OCC)C(=O)OCC. The molecule has 0 aromatic heterocycles. The van der Waals surface area contributed by atoms with Gasteiger partial charge in [0.15, 0.2) is 0 Å². The third-order valence-electron chi connectivity index (χ3n) is 1.69. The van der Waals surface area contributed by atoms with E-state index < -0.39 is 43.4 Å². The van der Waals surface area contributed by atoms with Gasteiger partial charge in [0, 0.05) is 14.1 Å². The average Bonchev–Trinajstić information content (AvgIpc) is 2.33. The van der Waals surface area contributed by atoms with Gasteiger partial charge in [-0.05, 0) is 25.7 Å². The molecule has 0 aromatic carbocycles. The Bertz CT molecular complexity index is 491. The Morgan fingerprint density at radius 1 is 1.26 bits per heavy atom. The van der Waals surface area contributed by atoms with Gasteiger partial charge in [0.05, 0.1) is 27.9 Å². The number of rotatable bonds is 9. The molecule has 0 heterocycles. The van der Waals surface area contributed by atoms with Crippen LogP contribution in [0, 0.1) is 0 Å². The van der Waals surface area contributed by atoms with E-state index in [-0.39, 0.29) is 13.2 Å². The highest BCUT2D eigenvalue weighted by Gasteiger charge is 2.32. The largest absolute Gasteiger partial charge is 0.466 e. The Morgan fingerprint density at radius 3 is 2.32 bits per heavy atom. The fourth-order valence-electron chi connectivity index (χ4n) is 0.988. The first-order chi connectivity index (χ1) is 11.2. The summed E-state index contributed by atoms with van der Waals surface area (Å²) >= 11 is 5.28. The highest BCUT2D eigenvalue weighted by atomic mass is 32.9. The quantitative estimate of drug-likeness (QED) is 0.468. The molecule has 0 amide bonds. The maximum atomic E-state index is 12.0. The molecule has 112 valence electrons. The standard InChI is InChI=1S/C10H19O6PS2/c1-5-15-9(11)7-8(10(12)16-6-2)19-17(18,13-3)14-4/h8H,5-7H2,1-4H3/i3D3,4D3. The van der Waals surface area contributed by atoms with E-state index in [1.54, 1.807) is 6.92 Å². The van der Waals surface area contributed by atoms with Crippen molar-refractivity contribution in [1.82, 2.24) is 0 Å². The zero-order valence-electron chi connectivity index (χ0n) is 16.4. The van der Waals surface area contributed by atoms with Crippen LogP contribution in [0.3, 0.4) is 0 Å². The van der Waals surface area contributed by atoms with Crippen LogP contribution >= 0.6 is 17.1 Å². The summed E-state index contributed by atoms with van der Waals surface area (Å²) in [5.41, 5.74) is -4.05. The van der Waals surface area contributed by atoms with Crippen molar-refractivity contribution in [1.29, 1.82) is 0 Å². The van der Waals surface area contributed by atoms with Crippen LogP contribution in [-0.4, -0.2) is 44.5 Å². The Hall–Kier alpha value is -0.140. The van der Waals surface area contributed by atoms with Gasteiger partial charge in [0.1, 0.15) is 5.25 Å². The second-order valence-electron chi connectivity index (χ2n) is 2.99. The molecule has 0 radical (unpaired) electrons. The third-order valence-corrected chi connectivity index (χ3v) is 6.21. The normalized spacial score (nSPS) is 18.8. The molecular weight excluding hydrogens is 311 g/mol. The minimum atomic E-state index is -4.05. The van der Waals surface area contributed by atoms with Crippen molar-refractivity contribution in [3.63, 3.8) is 0 Å². The van der Waals surface area contributed by atoms with E-state index in [1.807, 2.05) is 0 Å². The molecule has 6 nitrogen and oxygen atoms in total. The van der Waals surface area contributed by atoms with Gasteiger partial charge in [-0.2, -0.15) is 0 Å². The number of carbonyl (C=O) groups excluding carboxylic acids is 2. The van der Waals surface area contributed by atoms with Gasteiger partial charge in [-0.1, -0.05) is 11.4 Å². The van der Waals surface area contributed by atoms with Crippen LogP contribution in [0.2, 0.25) is 0 Å². The van der Waals surface area contributed by atoms with Crippen molar-refractivity contribution in [2.24, 2.45) is 0 Å². The summed E-state index contributed by atoms with van der Waals surface area (Å²) in [6.07, 6.45) is -0.509. The van der Waals surface area contributed by atoms with Crippen LogP contribution < -0.4 is 0 Å². The van der Waals surface area contributed by atoms with Gasteiger partial charge in [-0.3, -0.25) is 9.59 Å². The van der Waals surface area contributed by atoms with Crippen LogP contribution in [-0.2, 0) is 39.9 Å². The minimum absolute atomic E-state index is 0.0121. The number of esters is 2. The molecule has 0 saturated carbocycles. The second-order valence-corrected chi connectivity index (χ2v) is 9.23. The third kappa shape index (κ3) is 7.27. The van der Waals surface area contributed by atoms with Crippen molar-refractivity contribution < 1.29 is 36.3 Å². The molecule has 0 aliphatic carbocycles. The highest BCUT2D eigenvalue weighted by molar-refractivity contribution is 8.68. The molecule has 0 spiro atoms. The van der Waals surface area contributed by atoms with Gasteiger partial charge in [-0.15, -0.1) is 0 Å². The van der Waals surface area contributed by atoms with E-state index in [2.05, 4.69) is 9.05 Å². The molecule has 0 aliphatic heterocycles. The highest BCUT2D eigenvalue weighted by Crippen LogP contribution is 2.62. The first-order valence-electron chi connectivity index (χ1n) is 8.23. The lowest BCUT2D eigenvalue weighted by atomic mass is 10.3. The predicted octanol–water partition coefficient (Wildman–Crippen LogP) is 2.12. The monoisotopic (exact) mass is 336 g/mol. The lowest BCUT2D eigenvalue weighted by Gasteiger charge is -2.21. The maximum Gasteiger partial charge on any atom is 0.320 e. The van der Waals surface area contributed by atoms with Crippen molar-refractivity contribution in [2.75, 3.05) is 27.3 Å². The molecule has 19 heavy (non-hydrogen) atoms. The van der Waals surface area contributed by atoms with Gasteiger partial charge in [0.2, 0.25) is 5.69 Å². The fourth-order valence-corrected chi connectivity index (χ4v) is 4.40. The molecule has 0 N–H and O–H groups in total. The van der Waals surface area contributed by atoms with E-state index in [4.69, 9.17) is 29.5 Å². The van der Waals surface area contributed by atoms with Gasteiger partial charge < -0.3 is 18.5 Å². The van der Waals surface area contributed by atoms with E-state index >= 15 is 0 Å². The summed E-state index contributed by atoms with van der Waals surface area (Å²) in [4.78, 5) is 23.7. The number of ether oxygens (including phenoxy) is 2. The fraction of sp³-hybridized carbons (Fsp3) is 0.800. The van der Waals surface area contributed by atoms with Gasteiger partial charge in [-0.25, -0.2) is 0 Å². The van der Waals surface area contributed by atoms with E-state index in [9.17, 15) is 9.59 Å². The molecule has 0 fully saturated rings. The maximum absolute atomic E-state index is 12.0. The Morgan fingerprint density at radius 2 is 1.84 bits per heavy atom. The minimum Gasteiger partial charge on any atom is -0.466 e. The van der Waals surface area contributed by atoms with Crippen LogP contribution in [0.4, 0.5) is 0 Å². The lowest BCUT2D eigenvalue weighted by Crippen LogP contribution is -2.24. The molecule has 1 unspecified atom stereocenters. The smallest absolute Gasteiger partial charge is 0.320 e. The summed E-state index contributed by atoms with van der Waals surface area (Å²) in [6.45, 7) is 3.13.